The first-order valence-corrected chi connectivity index (χ1v) is 4.72. The molecule has 0 aliphatic rings. The lowest BCUT2D eigenvalue weighted by Gasteiger charge is -2.02. The molecule has 0 saturated heterocycles. The van der Waals surface area contributed by atoms with Crippen LogP contribution in [0.25, 0.3) is 0 Å². The summed E-state index contributed by atoms with van der Waals surface area (Å²) in [4.78, 5) is 10.6. The third-order valence-corrected chi connectivity index (χ3v) is 1.94. The molecule has 4 heteroatoms. The van der Waals surface area contributed by atoms with Crippen LogP contribution in [-0.4, -0.2) is 20.9 Å². The average Bonchev–Trinajstić information content (AvgIpc) is 2.28. The Morgan fingerprint density at radius 2 is 2.29 bits per heavy atom. The maximum atomic E-state index is 10.6. The van der Waals surface area contributed by atoms with Gasteiger partial charge in [0.05, 0.1) is 12.1 Å². The van der Waals surface area contributed by atoms with Gasteiger partial charge in [0.2, 0.25) is 0 Å². The Labute approximate surface area is 83.5 Å². The van der Waals surface area contributed by atoms with Crippen LogP contribution in [0.15, 0.2) is 6.20 Å². The molecule has 14 heavy (non-hydrogen) atoms. The van der Waals surface area contributed by atoms with E-state index in [-0.39, 0.29) is 6.42 Å². The van der Waals surface area contributed by atoms with Gasteiger partial charge in [-0.2, -0.15) is 5.10 Å². The van der Waals surface area contributed by atoms with Crippen molar-refractivity contribution in [1.82, 2.24) is 9.78 Å². The van der Waals surface area contributed by atoms with Gasteiger partial charge in [-0.1, -0.05) is 13.8 Å². The van der Waals surface area contributed by atoms with Gasteiger partial charge in [-0.3, -0.25) is 9.48 Å². The largest absolute Gasteiger partial charge is 0.481 e. The van der Waals surface area contributed by atoms with Gasteiger partial charge < -0.3 is 5.11 Å². The minimum Gasteiger partial charge on any atom is -0.481 e. The number of carboxylic acid groups (broad SMARTS) is 1. The van der Waals surface area contributed by atoms with Crippen molar-refractivity contribution in [3.8, 4) is 0 Å². The summed E-state index contributed by atoms with van der Waals surface area (Å²) >= 11 is 0. The predicted molar refractivity (Wildman–Crippen MR) is 53.1 cm³/mol. The molecule has 0 aromatic carbocycles. The van der Waals surface area contributed by atoms with Crippen molar-refractivity contribution in [2.75, 3.05) is 0 Å². The van der Waals surface area contributed by atoms with Crippen molar-refractivity contribution in [3.63, 3.8) is 0 Å². The summed E-state index contributed by atoms with van der Waals surface area (Å²) < 4.78 is 1.68. The number of carbonyl (C=O) groups is 1. The third kappa shape index (κ3) is 2.87. The molecule has 78 valence electrons. The van der Waals surface area contributed by atoms with E-state index >= 15 is 0 Å². The van der Waals surface area contributed by atoms with E-state index in [1.165, 1.54) is 0 Å². The van der Waals surface area contributed by atoms with Crippen LogP contribution in [0.2, 0.25) is 0 Å². The fraction of sp³-hybridized carbons (Fsp3) is 0.600. The van der Waals surface area contributed by atoms with E-state index in [1.807, 2.05) is 7.05 Å². The highest BCUT2D eigenvalue weighted by Gasteiger charge is 2.11. The summed E-state index contributed by atoms with van der Waals surface area (Å²) in [6.45, 7) is 4.19. The summed E-state index contributed by atoms with van der Waals surface area (Å²) in [6.07, 6.45) is 2.69. The Bertz CT molecular complexity index is 329. The van der Waals surface area contributed by atoms with Crippen molar-refractivity contribution >= 4 is 5.97 Å². The van der Waals surface area contributed by atoms with E-state index in [0.29, 0.717) is 5.92 Å². The lowest BCUT2D eigenvalue weighted by atomic mass is 10.0. The van der Waals surface area contributed by atoms with Gasteiger partial charge in [0.1, 0.15) is 0 Å². The Hall–Kier alpha value is -1.32. The highest BCUT2D eigenvalue weighted by Crippen LogP contribution is 2.12. The molecule has 1 aromatic heterocycles. The summed E-state index contributed by atoms with van der Waals surface area (Å²) in [6, 6.07) is 0. The number of hydrogen-bond acceptors (Lipinski definition) is 2. The number of carboxylic acids is 1. The fourth-order valence-corrected chi connectivity index (χ4v) is 1.45. The molecule has 0 unspecified atom stereocenters. The van der Waals surface area contributed by atoms with Crippen LogP contribution in [-0.2, 0) is 24.7 Å². The zero-order valence-electron chi connectivity index (χ0n) is 8.82. The maximum absolute atomic E-state index is 10.6. The van der Waals surface area contributed by atoms with Crippen LogP contribution < -0.4 is 0 Å². The van der Waals surface area contributed by atoms with Crippen molar-refractivity contribution in [1.29, 1.82) is 0 Å². The molecule has 0 aliphatic heterocycles. The highest BCUT2D eigenvalue weighted by molar-refractivity contribution is 5.70. The Morgan fingerprint density at radius 3 is 2.79 bits per heavy atom. The molecule has 0 aliphatic carbocycles. The average molecular weight is 196 g/mol. The second-order valence-electron chi connectivity index (χ2n) is 3.94. The van der Waals surface area contributed by atoms with Crippen LogP contribution in [0.4, 0.5) is 0 Å². The van der Waals surface area contributed by atoms with Crippen LogP contribution >= 0.6 is 0 Å². The smallest absolute Gasteiger partial charge is 0.307 e. The van der Waals surface area contributed by atoms with Crippen LogP contribution in [0.3, 0.4) is 0 Å². The van der Waals surface area contributed by atoms with Gasteiger partial charge >= 0.3 is 5.97 Å². The predicted octanol–water partition coefficient (Wildman–Crippen LogP) is 1.25. The fourth-order valence-electron chi connectivity index (χ4n) is 1.45. The summed E-state index contributed by atoms with van der Waals surface area (Å²) in [5, 5.41) is 13.0. The van der Waals surface area contributed by atoms with Crippen LogP contribution in [0.1, 0.15) is 25.1 Å². The molecule has 0 spiro atoms. The van der Waals surface area contributed by atoms with Crippen molar-refractivity contribution < 1.29 is 9.90 Å². The second-order valence-corrected chi connectivity index (χ2v) is 3.94. The van der Waals surface area contributed by atoms with Gasteiger partial charge in [-0.05, 0) is 12.3 Å². The van der Waals surface area contributed by atoms with Crippen molar-refractivity contribution in [2.24, 2.45) is 13.0 Å². The molecule has 0 saturated carbocycles. The van der Waals surface area contributed by atoms with E-state index in [2.05, 4.69) is 18.9 Å². The second kappa shape index (κ2) is 4.26. The molecule has 1 heterocycles. The van der Waals surface area contributed by atoms with E-state index < -0.39 is 5.97 Å². The van der Waals surface area contributed by atoms with Crippen LogP contribution in [0.5, 0.6) is 0 Å². The van der Waals surface area contributed by atoms with Gasteiger partial charge in [-0.15, -0.1) is 0 Å². The van der Waals surface area contributed by atoms with E-state index in [0.717, 1.165) is 17.7 Å². The number of hydrogen-bond donors (Lipinski definition) is 1. The Kier molecular flexibility index (Phi) is 3.28. The number of nitrogens with zero attached hydrogens (tertiary/aromatic N) is 2. The zero-order chi connectivity index (χ0) is 10.7. The molecule has 0 fully saturated rings. The standard InChI is InChI=1S/C10H16N2O2/c1-7(2)4-9-8(5-10(13)14)6-12(3)11-9/h6-7H,4-5H2,1-3H3,(H,13,14). The quantitative estimate of drug-likeness (QED) is 0.788. The lowest BCUT2D eigenvalue weighted by Crippen LogP contribution is -2.04. The normalized spacial score (nSPS) is 10.9. The SMILES string of the molecule is CC(C)Cc1nn(C)cc1CC(=O)O. The Morgan fingerprint density at radius 1 is 1.64 bits per heavy atom. The summed E-state index contributed by atoms with van der Waals surface area (Å²) in [7, 11) is 1.81. The lowest BCUT2D eigenvalue weighted by molar-refractivity contribution is -0.136. The van der Waals surface area contributed by atoms with Crippen molar-refractivity contribution in [3.05, 3.63) is 17.5 Å². The molecule has 0 bridgehead atoms. The van der Waals surface area contributed by atoms with E-state index in [9.17, 15) is 4.79 Å². The summed E-state index contributed by atoms with van der Waals surface area (Å²) in [5.41, 5.74) is 1.73. The molecule has 1 N–H and O–H groups in total. The topological polar surface area (TPSA) is 55.1 Å². The monoisotopic (exact) mass is 196 g/mol. The molecular formula is C10H16N2O2. The molecule has 1 rings (SSSR count). The highest BCUT2D eigenvalue weighted by atomic mass is 16.4. The van der Waals surface area contributed by atoms with E-state index in [4.69, 9.17) is 5.11 Å². The first-order chi connectivity index (χ1) is 6.49. The van der Waals surface area contributed by atoms with Gasteiger partial charge in [0.15, 0.2) is 0 Å². The molecule has 0 atom stereocenters. The molecule has 1 aromatic rings. The van der Waals surface area contributed by atoms with Crippen molar-refractivity contribution in [2.45, 2.75) is 26.7 Å². The third-order valence-electron chi connectivity index (χ3n) is 1.94. The van der Waals surface area contributed by atoms with Gasteiger partial charge in [0, 0.05) is 18.8 Å². The number of aromatic nitrogens is 2. The van der Waals surface area contributed by atoms with Crippen LogP contribution in [0, 0.1) is 5.92 Å². The number of aryl methyl sites for hydroxylation is 1. The molecule has 0 amide bonds. The summed E-state index contributed by atoms with van der Waals surface area (Å²) in [5.74, 6) is -0.305. The number of rotatable bonds is 4. The van der Waals surface area contributed by atoms with Gasteiger partial charge in [-0.25, -0.2) is 0 Å². The first-order valence-electron chi connectivity index (χ1n) is 4.72. The van der Waals surface area contributed by atoms with Gasteiger partial charge in [0.25, 0.3) is 0 Å². The minimum atomic E-state index is -0.803. The van der Waals surface area contributed by atoms with E-state index in [1.54, 1.807) is 10.9 Å². The molecule has 0 radical (unpaired) electrons. The Balaban J connectivity index is 2.85. The maximum Gasteiger partial charge on any atom is 0.307 e. The minimum absolute atomic E-state index is 0.0654. The molecule has 4 nitrogen and oxygen atoms in total. The molecular weight excluding hydrogens is 180 g/mol. The zero-order valence-corrected chi connectivity index (χ0v) is 8.82. The first kappa shape index (κ1) is 10.8. The number of aliphatic carboxylic acids is 1.